The summed E-state index contributed by atoms with van der Waals surface area (Å²) >= 11 is 0. The second-order valence-corrected chi connectivity index (χ2v) is 5.60. The van der Waals surface area contributed by atoms with Crippen LogP contribution in [0.3, 0.4) is 0 Å². The van der Waals surface area contributed by atoms with Gasteiger partial charge in [-0.05, 0) is 27.2 Å². The summed E-state index contributed by atoms with van der Waals surface area (Å²) in [5, 5.41) is 0. The van der Waals surface area contributed by atoms with Crippen LogP contribution in [0.5, 0.6) is 0 Å². The van der Waals surface area contributed by atoms with Crippen molar-refractivity contribution in [2.24, 2.45) is 0 Å². The van der Waals surface area contributed by atoms with Gasteiger partial charge in [0.25, 0.3) is 0 Å². The summed E-state index contributed by atoms with van der Waals surface area (Å²) < 4.78 is 23.1. The van der Waals surface area contributed by atoms with Crippen molar-refractivity contribution >= 4 is 5.78 Å². The van der Waals surface area contributed by atoms with E-state index in [2.05, 4.69) is 0 Å². The van der Waals surface area contributed by atoms with Crippen LogP contribution >= 0.6 is 0 Å². The van der Waals surface area contributed by atoms with E-state index in [9.17, 15) is 4.79 Å². The molecule has 3 fully saturated rings. The van der Waals surface area contributed by atoms with E-state index in [0.29, 0.717) is 12.8 Å². The summed E-state index contributed by atoms with van der Waals surface area (Å²) in [6, 6.07) is 0. The van der Waals surface area contributed by atoms with Crippen molar-refractivity contribution in [3.05, 3.63) is 0 Å². The lowest BCUT2D eigenvalue weighted by atomic mass is 9.92. The molecule has 3 aliphatic heterocycles. The predicted octanol–water partition coefficient (Wildman–Crippen LogP) is 1.00. The maximum absolute atomic E-state index is 11.4. The predicted molar refractivity (Wildman–Crippen MR) is 57.3 cm³/mol. The van der Waals surface area contributed by atoms with Crippen LogP contribution in [0.4, 0.5) is 0 Å². The van der Waals surface area contributed by atoms with E-state index in [0.717, 1.165) is 0 Å². The third kappa shape index (κ3) is 1.73. The highest BCUT2D eigenvalue weighted by Gasteiger charge is 2.62. The molecule has 5 nitrogen and oxygen atoms in total. The zero-order valence-electron chi connectivity index (χ0n) is 10.4. The molecule has 0 aliphatic carbocycles. The minimum Gasteiger partial charge on any atom is -0.362 e. The molecule has 0 radical (unpaired) electrons. The molecule has 3 aliphatic rings. The maximum Gasteiger partial charge on any atom is 0.190 e. The lowest BCUT2D eigenvalue weighted by Crippen LogP contribution is -2.48. The number of hydrogen-bond acceptors (Lipinski definition) is 5. The minimum absolute atomic E-state index is 0.124. The Hall–Kier alpha value is -0.490. The van der Waals surface area contributed by atoms with Gasteiger partial charge in [0, 0.05) is 6.42 Å². The SMILES string of the molecule is CC1(C)O[C@H]2O[C@@H]3CCC(=O)CO[C@@]3(C)[C@H]2O1. The van der Waals surface area contributed by atoms with E-state index in [1.165, 1.54) is 0 Å². The fraction of sp³-hybridized carbons (Fsp3) is 0.917. The summed E-state index contributed by atoms with van der Waals surface area (Å²) in [6.45, 7) is 5.80. The van der Waals surface area contributed by atoms with Gasteiger partial charge in [-0.1, -0.05) is 0 Å². The summed E-state index contributed by atoms with van der Waals surface area (Å²) in [6.07, 6.45) is 0.417. The fourth-order valence-corrected chi connectivity index (χ4v) is 2.83. The molecule has 0 unspecified atom stereocenters. The van der Waals surface area contributed by atoms with Crippen molar-refractivity contribution in [1.29, 1.82) is 0 Å². The molecular formula is C12H18O5. The Balaban J connectivity index is 1.86. The molecule has 3 heterocycles. The van der Waals surface area contributed by atoms with Crippen molar-refractivity contribution < 1.29 is 23.7 Å². The molecule has 0 aromatic heterocycles. The van der Waals surface area contributed by atoms with Crippen LogP contribution in [0.25, 0.3) is 0 Å². The first-order valence-corrected chi connectivity index (χ1v) is 6.07. The van der Waals surface area contributed by atoms with Crippen molar-refractivity contribution in [3.63, 3.8) is 0 Å². The van der Waals surface area contributed by atoms with Crippen LogP contribution < -0.4 is 0 Å². The van der Waals surface area contributed by atoms with Gasteiger partial charge in [-0.25, -0.2) is 0 Å². The Morgan fingerprint density at radius 2 is 2.00 bits per heavy atom. The third-order valence-corrected chi connectivity index (χ3v) is 3.79. The van der Waals surface area contributed by atoms with Crippen LogP contribution in [-0.4, -0.2) is 42.3 Å². The van der Waals surface area contributed by atoms with Crippen LogP contribution in [0.15, 0.2) is 0 Å². The Morgan fingerprint density at radius 3 is 2.76 bits per heavy atom. The van der Waals surface area contributed by atoms with Gasteiger partial charge >= 0.3 is 0 Å². The van der Waals surface area contributed by atoms with E-state index in [1.54, 1.807) is 0 Å². The molecular weight excluding hydrogens is 224 g/mol. The number of carbonyl (C=O) groups is 1. The number of ketones is 1. The number of carbonyl (C=O) groups excluding carboxylic acids is 1. The van der Waals surface area contributed by atoms with Crippen LogP contribution in [0.2, 0.25) is 0 Å². The van der Waals surface area contributed by atoms with Gasteiger partial charge in [0.15, 0.2) is 17.9 Å². The van der Waals surface area contributed by atoms with Gasteiger partial charge in [0.2, 0.25) is 0 Å². The maximum atomic E-state index is 11.4. The highest BCUT2D eigenvalue weighted by atomic mass is 16.8. The van der Waals surface area contributed by atoms with E-state index in [4.69, 9.17) is 18.9 Å². The third-order valence-electron chi connectivity index (χ3n) is 3.79. The lowest BCUT2D eigenvalue weighted by molar-refractivity contribution is -0.231. The minimum atomic E-state index is -0.650. The van der Waals surface area contributed by atoms with Gasteiger partial charge in [0.05, 0.1) is 6.10 Å². The molecule has 4 atom stereocenters. The number of rotatable bonds is 0. The van der Waals surface area contributed by atoms with Gasteiger partial charge in [-0.2, -0.15) is 0 Å². The smallest absolute Gasteiger partial charge is 0.190 e. The van der Waals surface area contributed by atoms with E-state index >= 15 is 0 Å². The molecule has 0 aromatic carbocycles. The second-order valence-electron chi connectivity index (χ2n) is 5.60. The van der Waals surface area contributed by atoms with Crippen molar-refractivity contribution in [1.82, 2.24) is 0 Å². The molecule has 3 rings (SSSR count). The largest absolute Gasteiger partial charge is 0.362 e. The van der Waals surface area contributed by atoms with Gasteiger partial charge < -0.3 is 18.9 Å². The molecule has 5 heteroatoms. The van der Waals surface area contributed by atoms with Gasteiger partial charge in [-0.3, -0.25) is 4.79 Å². The van der Waals surface area contributed by atoms with Crippen LogP contribution in [-0.2, 0) is 23.7 Å². The van der Waals surface area contributed by atoms with Crippen molar-refractivity contribution in [2.75, 3.05) is 6.61 Å². The van der Waals surface area contributed by atoms with Gasteiger partial charge in [-0.15, -0.1) is 0 Å². The van der Waals surface area contributed by atoms with Crippen molar-refractivity contribution in [3.8, 4) is 0 Å². The molecule has 3 saturated heterocycles. The summed E-state index contributed by atoms with van der Waals surface area (Å²) in [5.74, 6) is -0.526. The summed E-state index contributed by atoms with van der Waals surface area (Å²) in [5.41, 5.74) is -0.579. The Kier molecular flexibility index (Phi) is 2.39. The molecule has 0 amide bonds. The topological polar surface area (TPSA) is 54.0 Å². The molecule has 17 heavy (non-hydrogen) atoms. The average molecular weight is 242 g/mol. The molecule has 0 saturated carbocycles. The monoisotopic (exact) mass is 242 g/mol. The van der Waals surface area contributed by atoms with E-state index < -0.39 is 11.4 Å². The summed E-state index contributed by atoms with van der Waals surface area (Å²) in [7, 11) is 0. The second kappa shape index (κ2) is 3.51. The lowest BCUT2D eigenvalue weighted by Gasteiger charge is -2.33. The quantitative estimate of drug-likeness (QED) is 0.634. The molecule has 0 aromatic rings. The first-order valence-electron chi connectivity index (χ1n) is 6.07. The average Bonchev–Trinajstić information content (AvgIpc) is 2.61. The molecule has 0 bridgehead atoms. The highest BCUT2D eigenvalue weighted by molar-refractivity contribution is 5.80. The molecule has 96 valence electrons. The van der Waals surface area contributed by atoms with E-state index in [1.807, 2.05) is 20.8 Å². The zero-order valence-corrected chi connectivity index (χ0v) is 10.4. The van der Waals surface area contributed by atoms with Crippen molar-refractivity contribution in [2.45, 2.75) is 63.5 Å². The standard InChI is InChI=1S/C12H18O5/c1-11(2)16-9-10(17-11)15-8-5-4-7(13)6-14-12(8,9)3/h8-10H,4-6H2,1-3H3/t8-,9+,10-,12-/m1/s1. The number of fused-ring (bicyclic) bond motifs is 3. The van der Waals surface area contributed by atoms with E-state index in [-0.39, 0.29) is 30.9 Å². The number of hydrogen-bond donors (Lipinski definition) is 0. The van der Waals surface area contributed by atoms with Gasteiger partial charge in [0.1, 0.15) is 18.3 Å². The molecule has 0 spiro atoms. The first-order chi connectivity index (χ1) is 7.91. The first kappa shape index (κ1) is 11.6. The fourth-order valence-electron chi connectivity index (χ4n) is 2.83. The Bertz CT molecular complexity index is 353. The number of Topliss-reactive ketones (excluding diaryl/α,β-unsaturated/α-hetero) is 1. The van der Waals surface area contributed by atoms with Crippen LogP contribution in [0, 0.1) is 0 Å². The normalized spacial score (nSPS) is 48.6. The van der Waals surface area contributed by atoms with Crippen LogP contribution in [0.1, 0.15) is 33.6 Å². The summed E-state index contributed by atoms with van der Waals surface area (Å²) in [4.78, 5) is 11.4. The Morgan fingerprint density at radius 1 is 1.24 bits per heavy atom. The Labute approximate surface area is 100 Å². The number of ether oxygens (including phenoxy) is 4. The molecule has 0 N–H and O–H groups in total. The highest BCUT2D eigenvalue weighted by Crippen LogP contribution is 2.46. The zero-order chi connectivity index (χ0) is 12.3.